The summed E-state index contributed by atoms with van der Waals surface area (Å²) in [5, 5.41) is 4.02. The van der Waals surface area contributed by atoms with Gasteiger partial charge in [0.15, 0.2) is 0 Å². The molecule has 1 aliphatic heterocycles. The number of amides is 1. The second-order valence-electron chi connectivity index (χ2n) is 6.65. The van der Waals surface area contributed by atoms with Gasteiger partial charge in [-0.15, -0.1) is 0 Å². The molecule has 2 heterocycles. The van der Waals surface area contributed by atoms with E-state index in [0.717, 1.165) is 39.4 Å². The molecule has 0 spiro atoms. The Kier molecular flexibility index (Phi) is 4.07. The van der Waals surface area contributed by atoms with Crippen LogP contribution in [0.4, 0.5) is 10.1 Å². The molecular formula is C21H19FN2O2. The van der Waals surface area contributed by atoms with Crippen molar-refractivity contribution in [3.05, 3.63) is 70.9 Å². The van der Waals surface area contributed by atoms with Crippen molar-refractivity contribution in [2.45, 2.75) is 33.2 Å². The highest BCUT2D eigenvalue weighted by molar-refractivity contribution is 5.96. The molecule has 1 aromatic heterocycles. The fraction of sp³-hybridized carbons (Fsp3) is 0.238. The van der Waals surface area contributed by atoms with Gasteiger partial charge in [0, 0.05) is 17.7 Å². The van der Waals surface area contributed by atoms with Crippen molar-refractivity contribution >= 4 is 11.6 Å². The lowest BCUT2D eigenvalue weighted by molar-refractivity contribution is -0.119. The second kappa shape index (κ2) is 6.41. The summed E-state index contributed by atoms with van der Waals surface area (Å²) < 4.78 is 18.8. The van der Waals surface area contributed by atoms with Gasteiger partial charge in [-0.25, -0.2) is 4.39 Å². The average molecular weight is 350 g/mol. The van der Waals surface area contributed by atoms with E-state index in [1.165, 1.54) is 12.1 Å². The van der Waals surface area contributed by atoms with E-state index in [1.54, 1.807) is 11.0 Å². The summed E-state index contributed by atoms with van der Waals surface area (Å²) in [5.74, 6) is 0.554. The van der Waals surface area contributed by atoms with Crippen molar-refractivity contribution in [1.82, 2.24) is 5.16 Å². The van der Waals surface area contributed by atoms with E-state index in [0.29, 0.717) is 19.4 Å². The quantitative estimate of drug-likeness (QED) is 0.695. The topological polar surface area (TPSA) is 46.3 Å². The molecule has 4 rings (SSSR count). The number of rotatable bonds is 3. The van der Waals surface area contributed by atoms with Crippen LogP contribution in [0.1, 0.15) is 29.0 Å². The van der Waals surface area contributed by atoms with Crippen molar-refractivity contribution in [1.29, 1.82) is 0 Å². The first-order chi connectivity index (χ1) is 12.5. The van der Waals surface area contributed by atoms with Crippen molar-refractivity contribution in [3.63, 3.8) is 0 Å². The third-order valence-corrected chi connectivity index (χ3v) is 4.83. The lowest BCUT2D eigenvalue weighted by atomic mass is 9.95. The van der Waals surface area contributed by atoms with Crippen molar-refractivity contribution in [2.75, 3.05) is 4.90 Å². The van der Waals surface area contributed by atoms with E-state index < -0.39 is 0 Å². The molecule has 0 bridgehead atoms. The van der Waals surface area contributed by atoms with Crippen LogP contribution < -0.4 is 4.90 Å². The fourth-order valence-corrected chi connectivity index (χ4v) is 3.60. The number of benzene rings is 2. The molecule has 0 N–H and O–H groups in total. The lowest BCUT2D eigenvalue weighted by Gasteiger charge is -2.30. The molecule has 3 aromatic rings. The first-order valence-electron chi connectivity index (χ1n) is 8.64. The number of carbonyl (C=O) groups excluding carboxylic acids is 1. The van der Waals surface area contributed by atoms with Gasteiger partial charge < -0.3 is 9.42 Å². The maximum atomic E-state index is 13.5. The Morgan fingerprint density at radius 3 is 2.73 bits per heavy atom. The number of carbonyl (C=O) groups is 1. The van der Waals surface area contributed by atoms with Crippen molar-refractivity contribution in [2.24, 2.45) is 0 Å². The summed E-state index contributed by atoms with van der Waals surface area (Å²) in [5.41, 5.74) is 5.67. The number of nitrogens with zero attached hydrogens (tertiary/aromatic N) is 2. The molecule has 1 aliphatic rings. The first kappa shape index (κ1) is 16.5. The van der Waals surface area contributed by atoms with Gasteiger partial charge in [-0.1, -0.05) is 23.4 Å². The molecule has 2 aromatic carbocycles. The highest BCUT2D eigenvalue weighted by Gasteiger charge is 2.25. The molecule has 1 amide bonds. The molecular weight excluding hydrogens is 331 g/mol. The van der Waals surface area contributed by atoms with Gasteiger partial charge in [0.25, 0.3) is 0 Å². The first-order valence-corrected chi connectivity index (χ1v) is 8.64. The van der Waals surface area contributed by atoms with Gasteiger partial charge in [0.05, 0.1) is 12.2 Å². The molecule has 0 aliphatic carbocycles. The van der Waals surface area contributed by atoms with Crippen LogP contribution in [-0.4, -0.2) is 11.1 Å². The Balaban J connectivity index is 1.71. The Labute approximate surface area is 151 Å². The Hall–Kier alpha value is -2.95. The molecule has 26 heavy (non-hydrogen) atoms. The van der Waals surface area contributed by atoms with Gasteiger partial charge in [0.1, 0.15) is 11.6 Å². The maximum absolute atomic E-state index is 13.5. The van der Waals surface area contributed by atoms with Crippen molar-refractivity contribution < 1.29 is 13.7 Å². The van der Waals surface area contributed by atoms with Crippen molar-refractivity contribution in [3.8, 4) is 11.1 Å². The van der Waals surface area contributed by atoms with Gasteiger partial charge >= 0.3 is 0 Å². The van der Waals surface area contributed by atoms with E-state index in [4.69, 9.17) is 4.52 Å². The highest BCUT2D eigenvalue weighted by atomic mass is 19.1. The summed E-state index contributed by atoms with van der Waals surface area (Å²) in [6, 6.07) is 12.4. The third-order valence-electron chi connectivity index (χ3n) is 4.83. The number of fused-ring (bicyclic) bond motifs is 1. The van der Waals surface area contributed by atoms with E-state index in [9.17, 15) is 9.18 Å². The van der Waals surface area contributed by atoms with E-state index in [1.807, 2.05) is 32.0 Å². The van der Waals surface area contributed by atoms with Gasteiger partial charge in [0.2, 0.25) is 5.91 Å². The number of aryl methyl sites for hydroxylation is 3. The minimum atomic E-state index is -0.291. The smallest absolute Gasteiger partial charge is 0.227 e. The van der Waals surface area contributed by atoms with Crippen LogP contribution in [0.25, 0.3) is 11.1 Å². The Morgan fingerprint density at radius 1 is 1.15 bits per heavy atom. The van der Waals surface area contributed by atoms with Crippen LogP contribution in [0.3, 0.4) is 0 Å². The molecule has 0 fully saturated rings. The summed E-state index contributed by atoms with van der Waals surface area (Å²) >= 11 is 0. The third kappa shape index (κ3) is 2.90. The van der Waals surface area contributed by atoms with Gasteiger partial charge in [-0.2, -0.15) is 0 Å². The zero-order chi connectivity index (χ0) is 18.3. The maximum Gasteiger partial charge on any atom is 0.227 e. The average Bonchev–Trinajstić information content (AvgIpc) is 2.96. The van der Waals surface area contributed by atoms with E-state index in [-0.39, 0.29) is 11.7 Å². The summed E-state index contributed by atoms with van der Waals surface area (Å²) in [6.07, 6.45) is 1.15. The SMILES string of the molecule is Cc1noc(C)c1-c1ccc2c(c1)CCC(=O)N2Cc1cccc(F)c1. The molecule has 0 saturated carbocycles. The molecule has 0 saturated heterocycles. The van der Waals surface area contributed by atoms with Crippen LogP contribution in [0.15, 0.2) is 47.0 Å². The number of aromatic nitrogens is 1. The standard InChI is InChI=1S/C21H19FN2O2/c1-13-21(14(2)26-23-13)17-6-8-19-16(11-17)7-9-20(25)24(19)12-15-4-3-5-18(22)10-15/h3-6,8,10-11H,7,9,12H2,1-2H3. The van der Waals surface area contributed by atoms with E-state index in [2.05, 4.69) is 11.2 Å². The number of halogens is 1. The largest absolute Gasteiger partial charge is 0.361 e. The summed E-state index contributed by atoms with van der Waals surface area (Å²) in [6.45, 7) is 4.19. The molecule has 0 atom stereocenters. The fourth-order valence-electron chi connectivity index (χ4n) is 3.60. The van der Waals surface area contributed by atoms with Crippen LogP contribution in [0.2, 0.25) is 0 Å². The number of anilines is 1. The predicted molar refractivity (Wildman–Crippen MR) is 97.3 cm³/mol. The highest BCUT2D eigenvalue weighted by Crippen LogP contribution is 2.35. The van der Waals surface area contributed by atoms with Crippen LogP contribution in [-0.2, 0) is 17.8 Å². The lowest BCUT2D eigenvalue weighted by Crippen LogP contribution is -2.34. The molecule has 5 heteroatoms. The molecule has 0 unspecified atom stereocenters. The minimum Gasteiger partial charge on any atom is -0.361 e. The molecule has 132 valence electrons. The normalized spacial score (nSPS) is 13.8. The second-order valence-corrected chi connectivity index (χ2v) is 6.65. The van der Waals surface area contributed by atoms with Gasteiger partial charge in [-0.3, -0.25) is 4.79 Å². The summed E-state index contributed by atoms with van der Waals surface area (Å²) in [7, 11) is 0. The zero-order valence-electron chi connectivity index (χ0n) is 14.8. The zero-order valence-corrected chi connectivity index (χ0v) is 14.8. The Morgan fingerprint density at radius 2 is 2.00 bits per heavy atom. The number of hydrogen-bond donors (Lipinski definition) is 0. The van der Waals surface area contributed by atoms with Crippen LogP contribution >= 0.6 is 0 Å². The molecule has 0 radical (unpaired) electrons. The predicted octanol–water partition coefficient (Wildman–Crippen LogP) is 4.58. The molecule has 4 nitrogen and oxygen atoms in total. The minimum absolute atomic E-state index is 0.0619. The van der Waals surface area contributed by atoms with E-state index >= 15 is 0 Å². The summed E-state index contributed by atoms with van der Waals surface area (Å²) in [4.78, 5) is 14.2. The monoisotopic (exact) mass is 350 g/mol. The van der Waals surface area contributed by atoms with Crippen LogP contribution in [0.5, 0.6) is 0 Å². The number of hydrogen-bond acceptors (Lipinski definition) is 3. The van der Waals surface area contributed by atoms with Crippen LogP contribution in [0, 0.1) is 19.7 Å². The van der Waals surface area contributed by atoms with Gasteiger partial charge in [-0.05, 0) is 61.2 Å². The Bertz CT molecular complexity index is 974.